The lowest BCUT2D eigenvalue weighted by molar-refractivity contribution is -0.0485. The van der Waals surface area contributed by atoms with Gasteiger partial charge in [0.15, 0.2) is 0 Å². The Balaban J connectivity index is 1.28. The first kappa shape index (κ1) is 23.7. The zero-order valence-corrected chi connectivity index (χ0v) is 22.0. The Kier molecular flexibility index (Phi) is 6.00. The first-order valence-electron chi connectivity index (χ1n) is 14.2. The summed E-state index contributed by atoms with van der Waals surface area (Å²) in [5, 5.41) is 0.385. The van der Waals surface area contributed by atoms with Gasteiger partial charge in [0.1, 0.15) is 5.69 Å². The number of rotatable bonds is 3. The predicted molar refractivity (Wildman–Crippen MR) is 147 cm³/mol. The lowest BCUT2D eigenvalue weighted by Gasteiger charge is -2.55. The van der Waals surface area contributed by atoms with Gasteiger partial charge in [-0.05, 0) is 75.0 Å². The number of para-hydroxylation sites is 2. The second-order valence-electron chi connectivity index (χ2n) is 12.0. The van der Waals surface area contributed by atoms with Gasteiger partial charge < -0.3 is 9.55 Å². The van der Waals surface area contributed by atoms with Crippen LogP contribution in [0.4, 0.5) is 0 Å². The van der Waals surface area contributed by atoms with E-state index < -0.39 is 0 Å². The maximum Gasteiger partial charge on any atom is 0.278 e. The van der Waals surface area contributed by atoms with Crippen molar-refractivity contribution in [3.63, 3.8) is 0 Å². The molecule has 1 aromatic carbocycles. The summed E-state index contributed by atoms with van der Waals surface area (Å²) in [5.74, 6) is 1.84. The maximum atomic E-state index is 14.1. The van der Waals surface area contributed by atoms with Crippen molar-refractivity contribution in [3.05, 3.63) is 62.3 Å². The lowest BCUT2D eigenvalue weighted by atomic mass is 9.68. The van der Waals surface area contributed by atoms with Crippen LogP contribution in [0.1, 0.15) is 76.7 Å². The third-order valence-corrected chi connectivity index (χ3v) is 10.0. The standard InChI is InChI=1S/C30H35ClN4O2/c31-20-14-25(29(36)32-17-20)28-30(37)35(27-10-2-1-9-26(27)33-28)24-15-21-7-4-8-22(16-24)34(21)23-12-18-5-3-6-19(11-18)13-23/h1-2,9-10,14,17-19,21-24H,3-8,11-13,15-16H2,(H,32,36)/t18-,19+,21-,22+,23?,24?. The molecule has 6 atom stereocenters. The molecule has 2 aliphatic heterocycles. The van der Waals surface area contributed by atoms with E-state index in [1.165, 1.54) is 64.0 Å². The summed E-state index contributed by atoms with van der Waals surface area (Å²) in [6.07, 6.45) is 15.6. The third-order valence-electron chi connectivity index (χ3n) is 9.81. The molecule has 2 saturated carbocycles. The van der Waals surface area contributed by atoms with Crippen LogP contribution in [0.25, 0.3) is 22.3 Å². The minimum atomic E-state index is -0.342. The monoisotopic (exact) mass is 518 g/mol. The minimum absolute atomic E-state index is 0.104. The van der Waals surface area contributed by atoms with Crippen LogP contribution in [0.5, 0.6) is 0 Å². The van der Waals surface area contributed by atoms with Gasteiger partial charge in [0.05, 0.1) is 21.6 Å². The number of fused-ring (bicyclic) bond motifs is 5. The summed E-state index contributed by atoms with van der Waals surface area (Å²) in [6.45, 7) is 0. The number of aromatic amines is 1. The third kappa shape index (κ3) is 4.17. The van der Waals surface area contributed by atoms with Gasteiger partial charge in [0.25, 0.3) is 11.1 Å². The molecule has 4 fully saturated rings. The lowest BCUT2D eigenvalue weighted by Crippen LogP contribution is -2.58. The van der Waals surface area contributed by atoms with Crippen molar-refractivity contribution in [2.45, 2.75) is 94.8 Å². The largest absolute Gasteiger partial charge is 0.327 e. The molecule has 2 saturated heterocycles. The molecule has 2 aliphatic carbocycles. The van der Waals surface area contributed by atoms with Crippen molar-refractivity contribution in [1.29, 1.82) is 0 Å². The van der Waals surface area contributed by atoms with E-state index in [9.17, 15) is 9.59 Å². The molecule has 0 spiro atoms. The Bertz CT molecular complexity index is 1420. The zero-order chi connectivity index (χ0) is 25.1. The van der Waals surface area contributed by atoms with Gasteiger partial charge in [0.2, 0.25) is 0 Å². The highest BCUT2D eigenvalue weighted by Gasteiger charge is 2.45. The van der Waals surface area contributed by atoms with Crippen LogP contribution in [-0.4, -0.2) is 37.6 Å². The SMILES string of the molecule is O=c1[nH]cc(Cl)cc1-c1nc2ccccc2n(C2C[C@H]3CCC[C@@H](C2)N3C2C[C@H]3CCC[C@@H](C2)C3)c1=O. The molecule has 3 aromatic rings. The first-order chi connectivity index (χ1) is 18.0. The Morgan fingerprint density at radius 2 is 1.54 bits per heavy atom. The predicted octanol–water partition coefficient (Wildman–Crippen LogP) is 5.93. The van der Waals surface area contributed by atoms with Gasteiger partial charge >= 0.3 is 0 Å². The summed E-state index contributed by atoms with van der Waals surface area (Å²) < 4.78 is 1.97. The van der Waals surface area contributed by atoms with E-state index in [-0.39, 0.29) is 28.4 Å². The Labute approximate surface area is 222 Å². The van der Waals surface area contributed by atoms with Gasteiger partial charge in [-0.2, -0.15) is 0 Å². The molecule has 4 bridgehead atoms. The second kappa shape index (κ2) is 9.39. The van der Waals surface area contributed by atoms with E-state index in [2.05, 4.69) is 14.9 Å². The van der Waals surface area contributed by atoms with E-state index in [1.54, 1.807) is 6.07 Å². The number of hydrogen-bond acceptors (Lipinski definition) is 4. The number of halogens is 1. The van der Waals surface area contributed by atoms with Crippen molar-refractivity contribution in [2.24, 2.45) is 11.8 Å². The van der Waals surface area contributed by atoms with E-state index >= 15 is 0 Å². The molecule has 2 aromatic heterocycles. The van der Waals surface area contributed by atoms with Gasteiger partial charge in [-0.3, -0.25) is 14.5 Å². The Hall–Kier alpha value is -2.44. The second-order valence-corrected chi connectivity index (χ2v) is 12.5. The summed E-state index contributed by atoms with van der Waals surface area (Å²) >= 11 is 6.20. The summed E-state index contributed by atoms with van der Waals surface area (Å²) in [4.78, 5) is 37.0. The molecule has 4 aliphatic rings. The molecule has 37 heavy (non-hydrogen) atoms. The highest BCUT2D eigenvalue weighted by Crippen LogP contribution is 2.47. The first-order valence-corrected chi connectivity index (χ1v) is 14.6. The van der Waals surface area contributed by atoms with Crippen molar-refractivity contribution >= 4 is 22.6 Å². The highest BCUT2D eigenvalue weighted by molar-refractivity contribution is 6.30. The zero-order valence-electron chi connectivity index (χ0n) is 21.2. The topological polar surface area (TPSA) is 71.0 Å². The molecule has 4 heterocycles. The van der Waals surface area contributed by atoms with Gasteiger partial charge in [0, 0.05) is 30.4 Å². The summed E-state index contributed by atoms with van der Waals surface area (Å²) in [5.41, 5.74) is 1.50. The van der Waals surface area contributed by atoms with E-state index in [0.717, 1.165) is 35.7 Å². The van der Waals surface area contributed by atoms with Crippen molar-refractivity contribution < 1.29 is 0 Å². The van der Waals surface area contributed by atoms with Gasteiger partial charge in [-0.15, -0.1) is 0 Å². The van der Waals surface area contributed by atoms with Crippen LogP contribution < -0.4 is 11.1 Å². The highest BCUT2D eigenvalue weighted by atomic mass is 35.5. The van der Waals surface area contributed by atoms with Crippen molar-refractivity contribution in [1.82, 2.24) is 19.4 Å². The number of pyridine rings is 1. The smallest absolute Gasteiger partial charge is 0.278 e. The Morgan fingerprint density at radius 3 is 2.30 bits per heavy atom. The average molecular weight is 519 g/mol. The van der Waals surface area contributed by atoms with E-state index in [4.69, 9.17) is 11.6 Å². The molecule has 1 N–H and O–H groups in total. The van der Waals surface area contributed by atoms with Gasteiger partial charge in [-0.25, -0.2) is 4.98 Å². The Morgan fingerprint density at radius 1 is 0.838 bits per heavy atom. The molecule has 0 radical (unpaired) electrons. The number of benzene rings is 1. The molecule has 6 nitrogen and oxygen atoms in total. The van der Waals surface area contributed by atoms with Crippen LogP contribution in [-0.2, 0) is 0 Å². The number of aromatic nitrogens is 3. The van der Waals surface area contributed by atoms with Crippen LogP contribution in [0.2, 0.25) is 5.02 Å². The number of piperidine rings is 2. The fourth-order valence-electron chi connectivity index (χ4n) is 8.46. The number of H-pyrrole nitrogens is 1. The van der Waals surface area contributed by atoms with Crippen LogP contribution in [0.15, 0.2) is 46.1 Å². The van der Waals surface area contributed by atoms with Gasteiger partial charge in [-0.1, -0.05) is 49.4 Å². The molecular formula is C30H35ClN4O2. The van der Waals surface area contributed by atoms with Crippen LogP contribution >= 0.6 is 11.6 Å². The maximum absolute atomic E-state index is 14.1. The summed E-state index contributed by atoms with van der Waals surface area (Å²) in [7, 11) is 0. The van der Waals surface area contributed by atoms with Crippen LogP contribution in [0, 0.1) is 11.8 Å². The van der Waals surface area contributed by atoms with E-state index in [0.29, 0.717) is 23.1 Å². The quantitative estimate of drug-likeness (QED) is 0.466. The van der Waals surface area contributed by atoms with Crippen molar-refractivity contribution in [3.8, 4) is 11.3 Å². The molecule has 7 rings (SSSR count). The normalized spacial score (nSPS) is 31.9. The fraction of sp³-hybridized carbons (Fsp3) is 0.567. The number of nitrogens with one attached hydrogen (secondary N) is 1. The number of hydrogen-bond donors (Lipinski definition) is 1. The number of nitrogens with zero attached hydrogens (tertiary/aromatic N) is 3. The van der Waals surface area contributed by atoms with E-state index in [1.807, 2.05) is 28.8 Å². The molecule has 194 valence electrons. The molecule has 0 amide bonds. The molecular weight excluding hydrogens is 484 g/mol. The molecule has 2 unspecified atom stereocenters. The summed E-state index contributed by atoms with van der Waals surface area (Å²) in [6, 6.07) is 11.3. The van der Waals surface area contributed by atoms with Crippen molar-refractivity contribution in [2.75, 3.05) is 0 Å². The molecule has 7 heteroatoms. The average Bonchev–Trinajstić information content (AvgIpc) is 2.89. The van der Waals surface area contributed by atoms with Crippen LogP contribution in [0.3, 0.4) is 0 Å². The minimum Gasteiger partial charge on any atom is -0.327 e. The fourth-order valence-corrected chi connectivity index (χ4v) is 8.62.